The van der Waals surface area contributed by atoms with Crippen LogP contribution in [-0.2, 0) is 4.79 Å². The molecule has 0 spiro atoms. The van der Waals surface area contributed by atoms with Gasteiger partial charge in [0, 0.05) is 23.7 Å². The number of carbonyl (C=O) groups excluding carboxylic acids is 1. The van der Waals surface area contributed by atoms with Gasteiger partial charge < -0.3 is 9.64 Å². The summed E-state index contributed by atoms with van der Waals surface area (Å²) in [5.74, 6) is -4.03. The number of hydrogen-bond acceptors (Lipinski definition) is 3. The van der Waals surface area contributed by atoms with Gasteiger partial charge in [-0.25, -0.2) is 4.39 Å². The van der Waals surface area contributed by atoms with Crippen molar-refractivity contribution in [1.82, 2.24) is 0 Å². The lowest BCUT2D eigenvalue weighted by atomic mass is 9.85. The van der Waals surface area contributed by atoms with Crippen LogP contribution in [-0.4, -0.2) is 13.0 Å². The van der Waals surface area contributed by atoms with E-state index in [4.69, 9.17) is 4.74 Å². The maximum absolute atomic E-state index is 14.2. The molecular formula is C21H16F2NO2P. The molecule has 1 atom stereocenters. The molecule has 27 heavy (non-hydrogen) atoms. The highest BCUT2D eigenvalue weighted by atomic mass is 31.0. The molecule has 3 aromatic carbocycles. The van der Waals surface area contributed by atoms with Crippen LogP contribution in [0.15, 0.2) is 60.7 Å². The number of nitrogens with zero attached hydrogens (tertiary/aromatic N) is 1. The Balaban J connectivity index is 1.82. The van der Waals surface area contributed by atoms with Gasteiger partial charge in [-0.15, -0.1) is 9.24 Å². The van der Waals surface area contributed by atoms with Crippen LogP contribution >= 0.6 is 9.24 Å². The van der Waals surface area contributed by atoms with Gasteiger partial charge in [-0.2, -0.15) is 4.39 Å². The van der Waals surface area contributed by atoms with Crippen molar-refractivity contribution in [3.05, 3.63) is 83.4 Å². The summed E-state index contributed by atoms with van der Waals surface area (Å²) in [7, 11) is 4.18. The number of fused-ring (bicyclic) bond motifs is 2. The monoisotopic (exact) mass is 383 g/mol. The number of esters is 1. The Hall–Kier alpha value is -2.78. The molecule has 0 fully saturated rings. The van der Waals surface area contributed by atoms with Gasteiger partial charge in [0.1, 0.15) is 5.92 Å². The van der Waals surface area contributed by atoms with Crippen molar-refractivity contribution in [3.8, 4) is 5.75 Å². The largest absolute Gasteiger partial charge is 0.422 e. The van der Waals surface area contributed by atoms with Crippen LogP contribution in [0.3, 0.4) is 0 Å². The first-order valence-electron chi connectivity index (χ1n) is 8.35. The molecule has 3 aromatic rings. The van der Waals surface area contributed by atoms with E-state index < -0.39 is 29.3 Å². The van der Waals surface area contributed by atoms with E-state index in [-0.39, 0.29) is 5.30 Å². The van der Waals surface area contributed by atoms with Crippen LogP contribution in [0.25, 0.3) is 0 Å². The molecular weight excluding hydrogens is 367 g/mol. The SMILES string of the molecule is CN1c2ccccc2C(C(=O)Oc2c(P)ccc(F)c2F)c2ccccc21. The maximum Gasteiger partial charge on any atom is 0.323 e. The van der Waals surface area contributed by atoms with E-state index in [0.29, 0.717) is 0 Å². The lowest BCUT2D eigenvalue weighted by Gasteiger charge is -2.34. The standard InChI is InChI=1S/C21H16F2NO2P/c1-24-15-8-4-2-6-12(15)18(13-7-3-5-9-16(13)24)21(25)26-20-17(27)11-10-14(22)19(20)23/h2-11,18H,27H2,1H3. The molecule has 0 amide bonds. The average Bonchev–Trinajstić information content (AvgIpc) is 2.68. The molecule has 0 radical (unpaired) electrons. The number of ether oxygens (including phenoxy) is 1. The van der Waals surface area contributed by atoms with E-state index in [1.165, 1.54) is 6.07 Å². The van der Waals surface area contributed by atoms with Crippen LogP contribution in [0, 0.1) is 11.6 Å². The highest BCUT2D eigenvalue weighted by molar-refractivity contribution is 7.27. The highest BCUT2D eigenvalue weighted by Crippen LogP contribution is 2.45. The normalized spacial score (nSPS) is 13.1. The van der Waals surface area contributed by atoms with Crippen molar-refractivity contribution < 1.29 is 18.3 Å². The quantitative estimate of drug-likeness (QED) is 0.376. The molecule has 136 valence electrons. The summed E-state index contributed by atoms with van der Waals surface area (Å²) in [5.41, 5.74) is 3.24. The number of anilines is 2. The molecule has 0 saturated carbocycles. The lowest BCUT2D eigenvalue weighted by Crippen LogP contribution is -2.29. The summed E-state index contributed by atoms with van der Waals surface area (Å²) >= 11 is 0. The van der Waals surface area contributed by atoms with Gasteiger partial charge in [0.2, 0.25) is 5.82 Å². The molecule has 0 saturated heterocycles. The van der Waals surface area contributed by atoms with Crippen LogP contribution in [0.1, 0.15) is 17.0 Å². The van der Waals surface area contributed by atoms with Gasteiger partial charge in [0.05, 0.1) is 0 Å². The number of benzene rings is 3. The third-order valence-electron chi connectivity index (χ3n) is 4.74. The van der Waals surface area contributed by atoms with Gasteiger partial charge in [0.15, 0.2) is 11.6 Å². The zero-order chi connectivity index (χ0) is 19.1. The third kappa shape index (κ3) is 2.88. The maximum atomic E-state index is 14.2. The Kier molecular flexibility index (Phi) is 4.40. The molecule has 0 aliphatic carbocycles. The summed E-state index contributed by atoms with van der Waals surface area (Å²) in [6.45, 7) is 0. The summed E-state index contributed by atoms with van der Waals surface area (Å²) in [6.07, 6.45) is 0. The molecule has 1 heterocycles. The molecule has 1 aliphatic rings. The van der Waals surface area contributed by atoms with E-state index >= 15 is 0 Å². The van der Waals surface area contributed by atoms with Crippen molar-refractivity contribution in [2.75, 3.05) is 11.9 Å². The molecule has 4 rings (SSSR count). The van der Waals surface area contributed by atoms with E-state index in [0.717, 1.165) is 28.6 Å². The highest BCUT2D eigenvalue weighted by Gasteiger charge is 2.35. The van der Waals surface area contributed by atoms with Gasteiger partial charge >= 0.3 is 5.97 Å². The fourth-order valence-electron chi connectivity index (χ4n) is 3.44. The average molecular weight is 383 g/mol. The van der Waals surface area contributed by atoms with Gasteiger partial charge in [0.25, 0.3) is 0 Å². The van der Waals surface area contributed by atoms with Crippen molar-refractivity contribution in [2.45, 2.75) is 5.92 Å². The van der Waals surface area contributed by atoms with E-state index in [9.17, 15) is 13.6 Å². The Morgan fingerprint density at radius 2 is 1.52 bits per heavy atom. The number of para-hydroxylation sites is 2. The van der Waals surface area contributed by atoms with Crippen LogP contribution in [0.4, 0.5) is 20.2 Å². The molecule has 6 heteroatoms. The fourth-order valence-corrected chi connectivity index (χ4v) is 3.72. The molecule has 0 N–H and O–H groups in total. The Morgan fingerprint density at radius 3 is 2.11 bits per heavy atom. The number of carbonyl (C=O) groups is 1. The van der Waals surface area contributed by atoms with Crippen molar-refractivity contribution >= 4 is 31.9 Å². The van der Waals surface area contributed by atoms with E-state index in [1.54, 1.807) is 0 Å². The van der Waals surface area contributed by atoms with Crippen LogP contribution < -0.4 is 14.9 Å². The number of halogens is 2. The van der Waals surface area contributed by atoms with Crippen LogP contribution in [0.5, 0.6) is 5.75 Å². The molecule has 3 nitrogen and oxygen atoms in total. The second-order valence-corrected chi connectivity index (χ2v) is 6.93. The first kappa shape index (κ1) is 17.6. The Bertz CT molecular complexity index is 1010. The second kappa shape index (κ2) is 6.75. The molecule has 0 aromatic heterocycles. The van der Waals surface area contributed by atoms with Crippen molar-refractivity contribution in [2.24, 2.45) is 0 Å². The van der Waals surface area contributed by atoms with Crippen molar-refractivity contribution in [3.63, 3.8) is 0 Å². The molecule has 0 bridgehead atoms. The Labute approximate surface area is 157 Å². The predicted octanol–water partition coefficient (Wildman–Crippen LogP) is 4.28. The van der Waals surface area contributed by atoms with Gasteiger partial charge in [-0.1, -0.05) is 36.4 Å². The summed E-state index contributed by atoms with van der Waals surface area (Å²) in [4.78, 5) is 15.1. The number of rotatable bonds is 2. The summed E-state index contributed by atoms with van der Waals surface area (Å²) in [5, 5.41) is 0.275. The predicted molar refractivity (Wildman–Crippen MR) is 104 cm³/mol. The second-order valence-electron chi connectivity index (χ2n) is 6.31. The van der Waals surface area contributed by atoms with Crippen molar-refractivity contribution in [1.29, 1.82) is 0 Å². The summed E-state index contributed by atoms with van der Waals surface area (Å²) < 4.78 is 33.1. The van der Waals surface area contributed by atoms with Gasteiger partial charge in [-0.05, 0) is 35.4 Å². The van der Waals surface area contributed by atoms with E-state index in [1.807, 2.05) is 60.5 Å². The van der Waals surface area contributed by atoms with E-state index in [2.05, 4.69) is 9.24 Å². The molecule has 1 aliphatic heterocycles. The third-order valence-corrected chi connectivity index (χ3v) is 5.19. The zero-order valence-electron chi connectivity index (χ0n) is 14.4. The smallest absolute Gasteiger partial charge is 0.323 e. The minimum Gasteiger partial charge on any atom is -0.422 e. The Morgan fingerprint density at radius 1 is 0.963 bits per heavy atom. The summed E-state index contributed by atoms with van der Waals surface area (Å²) in [6, 6.07) is 17.3. The minimum atomic E-state index is -1.18. The molecule has 1 unspecified atom stereocenters. The topological polar surface area (TPSA) is 29.5 Å². The minimum absolute atomic E-state index is 0.275. The fraction of sp³-hybridized carbons (Fsp3) is 0.0952. The first-order chi connectivity index (χ1) is 13.0. The number of hydrogen-bond donors (Lipinski definition) is 0. The zero-order valence-corrected chi connectivity index (χ0v) is 15.6. The van der Waals surface area contributed by atoms with Crippen LogP contribution in [0.2, 0.25) is 0 Å². The first-order valence-corrected chi connectivity index (χ1v) is 8.93. The van der Waals surface area contributed by atoms with Gasteiger partial charge in [-0.3, -0.25) is 4.79 Å². The lowest BCUT2D eigenvalue weighted by molar-refractivity contribution is -0.135.